The predicted molar refractivity (Wildman–Crippen MR) is 88.4 cm³/mol. The van der Waals surface area contributed by atoms with E-state index >= 15 is 0 Å². The van der Waals surface area contributed by atoms with E-state index in [0.717, 1.165) is 28.0 Å². The van der Waals surface area contributed by atoms with Crippen molar-refractivity contribution in [1.29, 1.82) is 0 Å². The number of nitrogens with zero attached hydrogens (tertiary/aromatic N) is 1. The Kier molecular flexibility index (Phi) is 2.79. The van der Waals surface area contributed by atoms with Crippen LogP contribution in [0, 0.1) is 0 Å². The molecule has 1 aliphatic rings. The van der Waals surface area contributed by atoms with E-state index in [4.69, 9.17) is 0 Å². The summed E-state index contributed by atoms with van der Waals surface area (Å²) in [4.78, 5) is 2.21. The van der Waals surface area contributed by atoms with Crippen molar-refractivity contribution < 1.29 is 5.02 Å². The normalized spacial score (nSPS) is 12.8. The van der Waals surface area contributed by atoms with Gasteiger partial charge in [-0.1, -0.05) is 54.6 Å². The molecular formula is C18H14BNO. The van der Waals surface area contributed by atoms with Crippen molar-refractivity contribution in [3.8, 4) is 0 Å². The van der Waals surface area contributed by atoms with Gasteiger partial charge < -0.3 is 9.92 Å². The van der Waals surface area contributed by atoms with E-state index in [9.17, 15) is 5.02 Å². The SMILES string of the molecule is OB1c2ccccc2N(c2ccccc2)c2ccccc21. The molecule has 0 spiro atoms. The van der Waals surface area contributed by atoms with Crippen molar-refractivity contribution >= 4 is 34.9 Å². The van der Waals surface area contributed by atoms with Gasteiger partial charge in [0, 0.05) is 17.1 Å². The summed E-state index contributed by atoms with van der Waals surface area (Å²) in [5.41, 5.74) is 5.06. The van der Waals surface area contributed by atoms with Crippen LogP contribution in [0.2, 0.25) is 0 Å². The first kappa shape index (κ1) is 12.2. The minimum Gasteiger partial charge on any atom is -0.443 e. The Bertz CT molecular complexity index is 740. The van der Waals surface area contributed by atoms with E-state index in [1.165, 1.54) is 0 Å². The first-order chi connectivity index (χ1) is 10.4. The number of para-hydroxylation sites is 3. The molecule has 3 heteroatoms. The van der Waals surface area contributed by atoms with Crippen LogP contribution in [-0.4, -0.2) is 11.9 Å². The Labute approximate surface area is 124 Å². The maximum absolute atomic E-state index is 10.7. The van der Waals surface area contributed by atoms with Crippen molar-refractivity contribution in [1.82, 2.24) is 0 Å². The lowest BCUT2D eigenvalue weighted by Crippen LogP contribution is -2.50. The molecule has 2 nitrogen and oxygen atoms in total. The topological polar surface area (TPSA) is 23.5 Å². The Morgan fingerprint density at radius 2 is 1.10 bits per heavy atom. The fourth-order valence-electron chi connectivity index (χ4n) is 3.00. The number of rotatable bonds is 1. The molecule has 0 aromatic heterocycles. The molecule has 0 amide bonds. The molecule has 0 unspecified atom stereocenters. The zero-order valence-electron chi connectivity index (χ0n) is 11.5. The summed E-state index contributed by atoms with van der Waals surface area (Å²) in [5.74, 6) is 0. The van der Waals surface area contributed by atoms with Crippen LogP contribution in [0.1, 0.15) is 0 Å². The number of benzene rings is 3. The first-order valence-corrected chi connectivity index (χ1v) is 7.07. The third kappa shape index (κ3) is 1.86. The van der Waals surface area contributed by atoms with E-state index in [0.29, 0.717) is 0 Å². The molecule has 0 saturated carbocycles. The summed E-state index contributed by atoms with van der Waals surface area (Å²) in [6.07, 6.45) is 0. The second-order valence-electron chi connectivity index (χ2n) is 5.19. The van der Waals surface area contributed by atoms with Crippen LogP contribution in [0.4, 0.5) is 17.1 Å². The highest BCUT2D eigenvalue weighted by Crippen LogP contribution is 2.34. The van der Waals surface area contributed by atoms with Gasteiger partial charge in [-0.05, 0) is 35.2 Å². The number of hydrogen-bond acceptors (Lipinski definition) is 2. The molecule has 4 rings (SSSR count). The molecule has 0 radical (unpaired) electrons. The van der Waals surface area contributed by atoms with Gasteiger partial charge in [-0.3, -0.25) is 0 Å². The maximum atomic E-state index is 10.7. The predicted octanol–water partition coefficient (Wildman–Crippen LogP) is 2.57. The van der Waals surface area contributed by atoms with Gasteiger partial charge in [0.2, 0.25) is 0 Å². The highest BCUT2D eigenvalue weighted by Gasteiger charge is 2.32. The molecule has 0 atom stereocenters. The Hall–Kier alpha value is -2.52. The van der Waals surface area contributed by atoms with Gasteiger partial charge in [0.15, 0.2) is 0 Å². The molecule has 3 aromatic rings. The van der Waals surface area contributed by atoms with Gasteiger partial charge in [-0.25, -0.2) is 0 Å². The molecule has 1 N–H and O–H groups in total. The van der Waals surface area contributed by atoms with Crippen molar-refractivity contribution in [3.63, 3.8) is 0 Å². The molecule has 0 saturated heterocycles. The van der Waals surface area contributed by atoms with Crippen molar-refractivity contribution in [2.45, 2.75) is 0 Å². The van der Waals surface area contributed by atoms with Gasteiger partial charge in [0.1, 0.15) is 0 Å². The summed E-state index contributed by atoms with van der Waals surface area (Å²) in [6, 6.07) is 26.3. The number of anilines is 3. The third-order valence-corrected chi connectivity index (χ3v) is 3.96. The van der Waals surface area contributed by atoms with Crippen LogP contribution >= 0.6 is 0 Å². The summed E-state index contributed by atoms with van der Waals surface area (Å²) < 4.78 is 0. The second-order valence-corrected chi connectivity index (χ2v) is 5.19. The summed E-state index contributed by atoms with van der Waals surface area (Å²) in [5, 5.41) is 10.7. The average molecular weight is 271 g/mol. The first-order valence-electron chi connectivity index (χ1n) is 7.07. The zero-order valence-corrected chi connectivity index (χ0v) is 11.5. The molecule has 21 heavy (non-hydrogen) atoms. The standard InChI is InChI=1S/C18H14BNO/c21-19-15-10-4-6-12-17(15)20(14-8-2-1-3-9-14)18-13-7-5-11-16(18)19/h1-13,21H. The van der Waals surface area contributed by atoms with E-state index in [-0.39, 0.29) is 0 Å². The Morgan fingerprint density at radius 1 is 0.619 bits per heavy atom. The van der Waals surface area contributed by atoms with Crippen LogP contribution in [0.25, 0.3) is 0 Å². The van der Waals surface area contributed by atoms with Crippen LogP contribution in [0.3, 0.4) is 0 Å². The van der Waals surface area contributed by atoms with E-state index in [1.54, 1.807) is 0 Å². The highest BCUT2D eigenvalue weighted by atomic mass is 16.2. The molecule has 1 aliphatic heterocycles. The largest absolute Gasteiger partial charge is 0.443 e. The summed E-state index contributed by atoms with van der Waals surface area (Å²) in [7, 11) is 0. The smallest absolute Gasteiger partial charge is 0.363 e. The molecule has 0 aliphatic carbocycles. The van der Waals surface area contributed by atoms with Gasteiger partial charge in [0.05, 0.1) is 0 Å². The number of hydrogen-bond donors (Lipinski definition) is 1. The fraction of sp³-hybridized carbons (Fsp3) is 0. The molecular weight excluding hydrogens is 257 g/mol. The van der Waals surface area contributed by atoms with Gasteiger partial charge in [-0.2, -0.15) is 0 Å². The summed E-state index contributed by atoms with van der Waals surface area (Å²) in [6.45, 7) is -0.572. The fourth-order valence-corrected chi connectivity index (χ4v) is 3.00. The van der Waals surface area contributed by atoms with Crippen molar-refractivity contribution in [3.05, 3.63) is 78.9 Å². The van der Waals surface area contributed by atoms with E-state index in [2.05, 4.69) is 29.2 Å². The van der Waals surface area contributed by atoms with Gasteiger partial charge in [-0.15, -0.1) is 0 Å². The minimum absolute atomic E-state index is 0.572. The molecule has 0 bridgehead atoms. The average Bonchev–Trinajstić information content (AvgIpc) is 2.56. The monoisotopic (exact) mass is 271 g/mol. The van der Waals surface area contributed by atoms with Crippen LogP contribution in [-0.2, 0) is 0 Å². The Morgan fingerprint density at radius 3 is 1.67 bits per heavy atom. The second kappa shape index (κ2) is 4.79. The van der Waals surface area contributed by atoms with Crippen molar-refractivity contribution in [2.24, 2.45) is 0 Å². The lowest BCUT2D eigenvalue weighted by atomic mass is 9.53. The maximum Gasteiger partial charge on any atom is 0.363 e. The molecule has 100 valence electrons. The quantitative estimate of drug-likeness (QED) is 0.687. The Balaban J connectivity index is 2.01. The number of fused-ring (bicyclic) bond motifs is 2. The van der Waals surface area contributed by atoms with Gasteiger partial charge >= 0.3 is 6.92 Å². The third-order valence-electron chi connectivity index (χ3n) is 3.96. The minimum atomic E-state index is -0.572. The molecule has 0 fully saturated rings. The highest BCUT2D eigenvalue weighted by molar-refractivity contribution is 6.82. The molecule has 3 aromatic carbocycles. The summed E-state index contributed by atoms with van der Waals surface area (Å²) >= 11 is 0. The van der Waals surface area contributed by atoms with Crippen molar-refractivity contribution in [2.75, 3.05) is 4.90 Å². The van der Waals surface area contributed by atoms with Crippen LogP contribution < -0.4 is 15.8 Å². The van der Waals surface area contributed by atoms with Crippen LogP contribution in [0.5, 0.6) is 0 Å². The zero-order chi connectivity index (χ0) is 14.2. The molecule has 1 heterocycles. The van der Waals surface area contributed by atoms with E-state index in [1.807, 2.05) is 54.6 Å². The van der Waals surface area contributed by atoms with Crippen LogP contribution in [0.15, 0.2) is 78.9 Å². The lowest BCUT2D eigenvalue weighted by molar-refractivity contribution is 0.600. The lowest BCUT2D eigenvalue weighted by Gasteiger charge is -2.34. The van der Waals surface area contributed by atoms with E-state index < -0.39 is 6.92 Å². The van der Waals surface area contributed by atoms with Gasteiger partial charge in [0.25, 0.3) is 0 Å².